The van der Waals surface area contributed by atoms with Crippen LogP contribution in [-0.2, 0) is 30.3 Å². The summed E-state index contributed by atoms with van der Waals surface area (Å²) in [5.41, 5.74) is 4.31. The third kappa shape index (κ3) is 13.3. The van der Waals surface area contributed by atoms with E-state index in [2.05, 4.69) is 35.9 Å². The zero-order valence-electron chi connectivity index (χ0n) is 27.6. The number of amides is 3. The van der Waals surface area contributed by atoms with Gasteiger partial charge in [-0.15, -0.1) is 0 Å². The Hall–Kier alpha value is -4.72. The summed E-state index contributed by atoms with van der Waals surface area (Å²) in [7, 11) is 1.52. The van der Waals surface area contributed by atoms with Crippen molar-refractivity contribution in [3.8, 4) is 0 Å². The summed E-state index contributed by atoms with van der Waals surface area (Å²) in [6.45, 7) is 3.48. The molecule has 0 aliphatic rings. The Morgan fingerprint density at radius 1 is 0.900 bits per heavy atom. The predicted octanol–water partition coefficient (Wildman–Crippen LogP) is 1.27. The zero-order chi connectivity index (χ0) is 36.4. The van der Waals surface area contributed by atoms with Gasteiger partial charge in [0.05, 0.1) is 44.9 Å². The molecule has 6 N–H and O–H groups in total. The van der Waals surface area contributed by atoms with Gasteiger partial charge in [0.15, 0.2) is 11.2 Å². The molecule has 0 radical (unpaired) electrons. The van der Waals surface area contributed by atoms with Crippen LogP contribution in [0, 0.1) is 0 Å². The number of halogens is 3. The average molecular weight is 710 g/mol. The Kier molecular flexibility index (Phi) is 16.5. The van der Waals surface area contributed by atoms with E-state index in [1.54, 1.807) is 0 Å². The van der Waals surface area contributed by atoms with Crippen LogP contribution in [0.3, 0.4) is 0 Å². The van der Waals surface area contributed by atoms with Gasteiger partial charge in [-0.25, -0.2) is 9.97 Å². The summed E-state index contributed by atoms with van der Waals surface area (Å²) in [6.07, 6.45) is -2.14. The number of aromatic nitrogens is 4. The van der Waals surface area contributed by atoms with Gasteiger partial charge in [0, 0.05) is 51.0 Å². The number of alkyl halides is 3. The first-order valence-corrected chi connectivity index (χ1v) is 15.9. The zero-order valence-corrected chi connectivity index (χ0v) is 27.6. The molecule has 0 saturated heterocycles. The summed E-state index contributed by atoms with van der Waals surface area (Å²) in [4.78, 5) is 64.3. The maximum atomic E-state index is 13.5. The highest BCUT2D eigenvalue weighted by molar-refractivity contribution is 5.98. The normalized spacial score (nSPS) is 11.4. The Morgan fingerprint density at radius 3 is 2.18 bits per heavy atom. The molecule has 3 amide bonds. The van der Waals surface area contributed by atoms with Gasteiger partial charge in [0.1, 0.15) is 0 Å². The van der Waals surface area contributed by atoms with Gasteiger partial charge < -0.3 is 35.9 Å². The summed E-state index contributed by atoms with van der Waals surface area (Å²) >= 11 is 0. The van der Waals surface area contributed by atoms with E-state index in [4.69, 9.17) is 19.9 Å². The van der Waals surface area contributed by atoms with E-state index < -0.39 is 30.1 Å². The van der Waals surface area contributed by atoms with Crippen LogP contribution < -0.4 is 32.1 Å². The van der Waals surface area contributed by atoms with Crippen molar-refractivity contribution in [3.63, 3.8) is 0 Å². The minimum Gasteiger partial charge on any atom is -0.379 e. The second kappa shape index (κ2) is 20.7. The van der Waals surface area contributed by atoms with Gasteiger partial charge in [-0.1, -0.05) is 0 Å². The molecule has 0 atom stereocenters. The minimum atomic E-state index is -5.23. The number of ether oxygens (including phenoxy) is 3. The van der Waals surface area contributed by atoms with Crippen molar-refractivity contribution in [1.82, 2.24) is 30.6 Å². The van der Waals surface area contributed by atoms with E-state index in [-0.39, 0.29) is 52.9 Å². The predicted molar refractivity (Wildman–Crippen MR) is 177 cm³/mol. The number of nitrogens with zero attached hydrogens (tertiary/aromatic N) is 4. The van der Waals surface area contributed by atoms with Crippen molar-refractivity contribution in [1.29, 1.82) is 0 Å². The fraction of sp³-hybridized carbons (Fsp3) is 0.516. The van der Waals surface area contributed by atoms with Gasteiger partial charge >= 0.3 is 12.1 Å². The van der Waals surface area contributed by atoms with Crippen LogP contribution in [0.2, 0.25) is 0 Å². The van der Waals surface area contributed by atoms with Crippen molar-refractivity contribution in [2.45, 2.75) is 38.4 Å². The smallest absolute Gasteiger partial charge is 0.379 e. The summed E-state index contributed by atoms with van der Waals surface area (Å²) < 4.78 is 56.7. The molecular weight excluding hydrogens is 667 g/mol. The number of H-pyrrole nitrogens is 1. The van der Waals surface area contributed by atoms with Gasteiger partial charge in [0.25, 0.3) is 11.5 Å². The molecule has 19 heteroatoms. The van der Waals surface area contributed by atoms with E-state index in [1.807, 2.05) is 0 Å². The second-order valence-electron chi connectivity index (χ2n) is 10.7. The second-order valence-corrected chi connectivity index (χ2v) is 10.7. The topological polar surface area (TPSA) is 216 Å². The summed E-state index contributed by atoms with van der Waals surface area (Å²) in [5.74, 6) is -2.76. The number of carbonyl (C=O) groups excluding carboxylic acids is 3. The van der Waals surface area contributed by atoms with Gasteiger partial charge in [-0.05, 0) is 50.1 Å². The number of carbonyl (C=O) groups is 3. The van der Waals surface area contributed by atoms with Crippen LogP contribution in [0.5, 0.6) is 0 Å². The fourth-order valence-electron chi connectivity index (χ4n) is 4.31. The monoisotopic (exact) mass is 709 g/mol. The van der Waals surface area contributed by atoms with Crippen LogP contribution in [-0.4, -0.2) is 110 Å². The number of nitrogens with one attached hydrogen (secondary N) is 4. The van der Waals surface area contributed by atoms with Crippen molar-refractivity contribution >= 4 is 40.5 Å². The number of fused-ring (bicyclic) bond motifs is 1. The molecule has 1 aromatic carbocycles. The lowest BCUT2D eigenvalue weighted by molar-refractivity contribution is -0.170. The SMILES string of the molecule is CNc1nc2ncc(CN(C(=O)C(F)(F)F)c3ccc(C(=O)NCCCC(=O)NCCCOCCOCCOCCCN)cc3)nc2c(=O)[nH]1. The molecular formula is C31H42F3N9O7. The number of anilines is 2. The molecule has 3 rings (SSSR count). The van der Waals surface area contributed by atoms with E-state index in [0.717, 1.165) is 12.6 Å². The lowest BCUT2D eigenvalue weighted by atomic mass is 10.1. The first kappa shape index (κ1) is 39.7. The van der Waals surface area contributed by atoms with Crippen molar-refractivity contribution in [3.05, 3.63) is 52.1 Å². The van der Waals surface area contributed by atoms with Gasteiger partial charge in [0.2, 0.25) is 11.9 Å². The first-order chi connectivity index (χ1) is 24.0. The van der Waals surface area contributed by atoms with E-state index >= 15 is 0 Å². The third-order valence-electron chi connectivity index (χ3n) is 6.84. The Bertz CT molecular complexity index is 1590. The Morgan fingerprint density at radius 2 is 1.54 bits per heavy atom. The van der Waals surface area contributed by atoms with E-state index in [9.17, 15) is 32.3 Å². The standard InChI is InChI=1S/C31H42F3N9O7/c1-36-30-41-26-25(28(46)42-30)40-22(19-39-26)20-43(29(47)31(32,33)34)23-8-6-21(7-9-23)27(45)38-11-2-5-24(44)37-12-4-14-49-16-18-50-17-15-48-13-3-10-35/h6-9,19H,2-5,10-18,20,35H2,1H3,(H,37,44)(H,38,45)(H2,36,39,41,42,46). The largest absolute Gasteiger partial charge is 0.471 e. The van der Waals surface area contributed by atoms with Gasteiger partial charge in [-0.2, -0.15) is 18.2 Å². The number of benzene rings is 1. The number of aromatic amines is 1. The Balaban J connectivity index is 1.40. The van der Waals surface area contributed by atoms with Crippen molar-refractivity contribution < 1.29 is 41.8 Å². The first-order valence-electron chi connectivity index (χ1n) is 15.9. The molecule has 0 saturated carbocycles. The lowest BCUT2D eigenvalue weighted by Gasteiger charge is -2.23. The average Bonchev–Trinajstić information content (AvgIpc) is 3.10. The number of hydrogen-bond donors (Lipinski definition) is 5. The molecule has 0 aliphatic heterocycles. The fourth-order valence-corrected chi connectivity index (χ4v) is 4.31. The highest BCUT2D eigenvalue weighted by Crippen LogP contribution is 2.26. The minimum absolute atomic E-state index is 0.0394. The van der Waals surface area contributed by atoms with Crippen LogP contribution in [0.4, 0.5) is 24.8 Å². The molecule has 2 heterocycles. The van der Waals surface area contributed by atoms with Gasteiger partial charge in [-0.3, -0.25) is 29.1 Å². The molecule has 3 aromatic rings. The quantitative estimate of drug-likeness (QED) is 0.0933. The van der Waals surface area contributed by atoms with Crippen LogP contribution in [0.15, 0.2) is 35.3 Å². The molecule has 274 valence electrons. The maximum Gasteiger partial charge on any atom is 0.471 e. The highest BCUT2D eigenvalue weighted by Gasteiger charge is 2.43. The molecule has 0 unspecified atom stereocenters. The maximum absolute atomic E-state index is 13.5. The number of hydrogen-bond acceptors (Lipinski definition) is 12. The van der Waals surface area contributed by atoms with Crippen molar-refractivity contribution in [2.24, 2.45) is 5.73 Å². The van der Waals surface area contributed by atoms with Crippen LogP contribution in [0.25, 0.3) is 11.2 Å². The lowest BCUT2D eigenvalue weighted by Crippen LogP contribution is -2.41. The highest BCUT2D eigenvalue weighted by atomic mass is 19.4. The van der Waals surface area contributed by atoms with Crippen LogP contribution in [0.1, 0.15) is 41.7 Å². The number of rotatable bonds is 22. The van der Waals surface area contributed by atoms with E-state index in [0.29, 0.717) is 70.5 Å². The summed E-state index contributed by atoms with van der Waals surface area (Å²) in [6, 6.07) is 4.90. The van der Waals surface area contributed by atoms with Crippen LogP contribution >= 0.6 is 0 Å². The number of nitrogens with two attached hydrogens (primary N) is 1. The molecule has 2 aromatic heterocycles. The molecule has 0 spiro atoms. The summed E-state index contributed by atoms with van der Waals surface area (Å²) in [5, 5.41) is 8.07. The molecule has 0 bridgehead atoms. The van der Waals surface area contributed by atoms with Crippen molar-refractivity contribution in [2.75, 3.05) is 76.5 Å². The Labute approximate surface area is 285 Å². The molecule has 0 fully saturated rings. The molecule has 16 nitrogen and oxygen atoms in total. The molecule has 50 heavy (non-hydrogen) atoms. The molecule has 0 aliphatic carbocycles. The van der Waals surface area contributed by atoms with E-state index in [1.165, 1.54) is 31.3 Å². The third-order valence-corrected chi connectivity index (χ3v) is 6.84.